The number of oxazole rings is 1. The number of carbonyl (C=O) groups excluding carboxylic acids is 1. The fourth-order valence-corrected chi connectivity index (χ4v) is 4.20. The highest BCUT2D eigenvalue weighted by atomic mass is 35.5. The first-order valence-corrected chi connectivity index (χ1v) is 10.7. The molecular weight excluding hydrogens is 455 g/mol. The van der Waals surface area contributed by atoms with Crippen molar-refractivity contribution in [2.45, 2.75) is 18.9 Å². The minimum absolute atomic E-state index is 0.0851. The SMILES string of the molecule is O=C(Nc1ccc(F)c(Cl)c1)N1CCCC1c1nc2cc(-c3ccc(F)cc3F)ccc2o1. The van der Waals surface area contributed by atoms with Crippen molar-refractivity contribution >= 4 is 34.4 Å². The van der Waals surface area contributed by atoms with Crippen LogP contribution in [0.25, 0.3) is 22.2 Å². The molecule has 4 aromatic rings. The average molecular weight is 472 g/mol. The second-order valence-electron chi connectivity index (χ2n) is 7.77. The van der Waals surface area contributed by atoms with E-state index in [-0.39, 0.29) is 22.7 Å². The van der Waals surface area contributed by atoms with E-state index in [0.717, 1.165) is 12.5 Å². The lowest BCUT2D eigenvalue weighted by atomic mass is 10.0. The third-order valence-electron chi connectivity index (χ3n) is 5.62. The lowest BCUT2D eigenvalue weighted by molar-refractivity contribution is 0.199. The molecule has 0 aliphatic carbocycles. The molecule has 168 valence electrons. The summed E-state index contributed by atoms with van der Waals surface area (Å²) in [7, 11) is 0. The number of likely N-dealkylation sites (tertiary alicyclic amines) is 1. The summed E-state index contributed by atoms with van der Waals surface area (Å²) >= 11 is 5.79. The lowest BCUT2D eigenvalue weighted by Crippen LogP contribution is -2.34. The van der Waals surface area contributed by atoms with Crippen LogP contribution in [0.1, 0.15) is 24.8 Å². The molecule has 1 unspecified atom stereocenters. The molecule has 0 radical (unpaired) electrons. The number of carbonyl (C=O) groups is 1. The van der Waals surface area contributed by atoms with Gasteiger partial charge in [0, 0.05) is 23.9 Å². The standard InChI is InChI=1S/C24H17ClF3N3O2/c25-17-12-15(5-7-18(17)27)29-24(32)31-9-1-2-21(31)23-30-20-10-13(3-8-22(20)33-23)16-6-4-14(26)11-19(16)28/h3-8,10-12,21H,1-2,9H2,(H,29,32). The first-order chi connectivity index (χ1) is 15.9. The Hall–Kier alpha value is -3.52. The number of rotatable bonds is 3. The Labute approximate surface area is 191 Å². The van der Waals surface area contributed by atoms with Crippen LogP contribution in [-0.2, 0) is 0 Å². The molecule has 1 fully saturated rings. The molecule has 5 nitrogen and oxygen atoms in total. The van der Waals surface area contributed by atoms with Crippen LogP contribution >= 0.6 is 11.6 Å². The average Bonchev–Trinajstić information content (AvgIpc) is 3.42. The maximum Gasteiger partial charge on any atom is 0.322 e. The van der Waals surface area contributed by atoms with Crippen LogP contribution in [0.15, 0.2) is 59.0 Å². The third kappa shape index (κ3) is 4.14. The summed E-state index contributed by atoms with van der Waals surface area (Å²) in [4.78, 5) is 19.0. The topological polar surface area (TPSA) is 58.4 Å². The molecule has 1 aliphatic rings. The number of benzene rings is 3. The molecule has 9 heteroatoms. The van der Waals surface area contributed by atoms with Gasteiger partial charge in [-0.2, -0.15) is 0 Å². The normalized spacial score (nSPS) is 15.9. The Morgan fingerprint density at radius 1 is 1.06 bits per heavy atom. The van der Waals surface area contributed by atoms with Gasteiger partial charge in [-0.15, -0.1) is 0 Å². The summed E-state index contributed by atoms with van der Waals surface area (Å²) in [6.45, 7) is 0.496. The second kappa shape index (κ2) is 8.44. The highest BCUT2D eigenvalue weighted by molar-refractivity contribution is 6.31. The van der Waals surface area contributed by atoms with Crippen molar-refractivity contribution in [3.8, 4) is 11.1 Å². The first-order valence-electron chi connectivity index (χ1n) is 10.3. The fourth-order valence-electron chi connectivity index (χ4n) is 4.01. The fraction of sp³-hybridized carbons (Fsp3) is 0.167. The zero-order valence-electron chi connectivity index (χ0n) is 17.1. The van der Waals surface area contributed by atoms with Crippen LogP contribution in [0.5, 0.6) is 0 Å². The molecule has 2 amide bonds. The monoisotopic (exact) mass is 471 g/mol. The Bertz CT molecular complexity index is 1370. The van der Waals surface area contributed by atoms with Crippen molar-refractivity contribution in [3.63, 3.8) is 0 Å². The van der Waals surface area contributed by atoms with E-state index in [2.05, 4.69) is 10.3 Å². The number of urea groups is 1. The van der Waals surface area contributed by atoms with Gasteiger partial charge in [-0.05, 0) is 60.9 Å². The lowest BCUT2D eigenvalue weighted by Gasteiger charge is -2.22. The van der Waals surface area contributed by atoms with Crippen molar-refractivity contribution in [1.82, 2.24) is 9.88 Å². The van der Waals surface area contributed by atoms with Gasteiger partial charge in [0.15, 0.2) is 5.58 Å². The molecule has 1 aromatic heterocycles. The summed E-state index contributed by atoms with van der Waals surface area (Å²) in [6.07, 6.45) is 1.41. The van der Waals surface area contributed by atoms with E-state index in [4.69, 9.17) is 16.0 Å². The first kappa shape index (κ1) is 21.3. The molecule has 2 heterocycles. The molecule has 1 N–H and O–H groups in total. The van der Waals surface area contributed by atoms with E-state index >= 15 is 0 Å². The molecular formula is C24H17ClF3N3O2. The van der Waals surface area contributed by atoms with Gasteiger partial charge in [-0.1, -0.05) is 17.7 Å². The van der Waals surface area contributed by atoms with Crippen molar-refractivity contribution in [1.29, 1.82) is 0 Å². The van der Waals surface area contributed by atoms with Crippen LogP contribution < -0.4 is 5.32 Å². The Morgan fingerprint density at radius 3 is 2.70 bits per heavy atom. The molecule has 1 saturated heterocycles. The number of hydrogen-bond acceptors (Lipinski definition) is 3. The molecule has 1 atom stereocenters. The van der Waals surface area contributed by atoms with Gasteiger partial charge in [0.05, 0.1) is 5.02 Å². The van der Waals surface area contributed by atoms with E-state index in [1.807, 2.05) is 0 Å². The predicted molar refractivity (Wildman–Crippen MR) is 118 cm³/mol. The van der Waals surface area contributed by atoms with Crippen LogP contribution in [0.3, 0.4) is 0 Å². The maximum atomic E-state index is 14.2. The van der Waals surface area contributed by atoms with Crippen molar-refractivity contribution in [3.05, 3.63) is 83.0 Å². The van der Waals surface area contributed by atoms with E-state index in [1.54, 1.807) is 23.1 Å². The number of hydrogen-bond donors (Lipinski definition) is 1. The number of nitrogens with one attached hydrogen (secondary N) is 1. The molecule has 5 rings (SSSR count). The van der Waals surface area contributed by atoms with Crippen molar-refractivity contribution < 1.29 is 22.4 Å². The zero-order chi connectivity index (χ0) is 23.1. The number of nitrogens with zero attached hydrogens (tertiary/aromatic N) is 2. The Kier molecular flexibility index (Phi) is 5.46. The van der Waals surface area contributed by atoms with Crippen LogP contribution in [0, 0.1) is 17.5 Å². The minimum Gasteiger partial charge on any atom is -0.438 e. The van der Waals surface area contributed by atoms with Gasteiger partial charge in [-0.25, -0.2) is 22.9 Å². The highest BCUT2D eigenvalue weighted by Crippen LogP contribution is 2.35. The van der Waals surface area contributed by atoms with Gasteiger partial charge < -0.3 is 14.6 Å². The number of anilines is 1. The van der Waals surface area contributed by atoms with Gasteiger partial charge in [0.2, 0.25) is 5.89 Å². The van der Waals surface area contributed by atoms with Gasteiger partial charge in [0.25, 0.3) is 0 Å². The number of halogens is 4. The summed E-state index contributed by atoms with van der Waals surface area (Å²) in [5.74, 6) is -1.52. The molecule has 0 saturated carbocycles. The van der Waals surface area contributed by atoms with E-state index in [9.17, 15) is 18.0 Å². The smallest absolute Gasteiger partial charge is 0.322 e. The van der Waals surface area contributed by atoms with Crippen LogP contribution in [0.2, 0.25) is 5.02 Å². The summed E-state index contributed by atoms with van der Waals surface area (Å²) in [6, 6.07) is 11.6. The van der Waals surface area contributed by atoms with Crippen LogP contribution in [0.4, 0.5) is 23.7 Å². The molecule has 3 aromatic carbocycles. The molecule has 1 aliphatic heterocycles. The second-order valence-corrected chi connectivity index (χ2v) is 8.18. The quantitative estimate of drug-likeness (QED) is 0.352. The largest absolute Gasteiger partial charge is 0.438 e. The molecule has 0 spiro atoms. The Morgan fingerprint density at radius 2 is 1.91 bits per heavy atom. The summed E-state index contributed by atoms with van der Waals surface area (Å²) in [5, 5.41) is 2.64. The predicted octanol–water partition coefficient (Wildman–Crippen LogP) is 6.93. The number of fused-ring (bicyclic) bond motifs is 1. The molecule has 0 bridgehead atoms. The number of aromatic nitrogens is 1. The van der Waals surface area contributed by atoms with Crippen molar-refractivity contribution in [2.75, 3.05) is 11.9 Å². The maximum absolute atomic E-state index is 14.2. The van der Waals surface area contributed by atoms with E-state index in [1.165, 1.54) is 30.3 Å². The highest BCUT2D eigenvalue weighted by Gasteiger charge is 2.33. The van der Waals surface area contributed by atoms with Crippen LogP contribution in [-0.4, -0.2) is 22.5 Å². The van der Waals surface area contributed by atoms with Gasteiger partial charge in [0.1, 0.15) is 29.0 Å². The summed E-state index contributed by atoms with van der Waals surface area (Å²) < 4.78 is 46.7. The van der Waals surface area contributed by atoms with E-state index < -0.39 is 17.5 Å². The third-order valence-corrected chi connectivity index (χ3v) is 5.91. The van der Waals surface area contributed by atoms with E-state index in [0.29, 0.717) is 41.2 Å². The minimum atomic E-state index is -0.669. The number of amides is 2. The van der Waals surface area contributed by atoms with Gasteiger partial charge >= 0.3 is 6.03 Å². The van der Waals surface area contributed by atoms with Gasteiger partial charge in [-0.3, -0.25) is 0 Å². The Balaban J connectivity index is 1.40. The summed E-state index contributed by atoms with van der Waals surface area (Å²) in [5.41, 5.74) is 2.16. The van der Waals surface area contributed by atoms with Crippen molar-refractivity contribution in [2.24, 2.45) is 0 Å². The zero-order valence-corrected chi connectivity index (χ0v) is 17.9. The molecule has 33 heavy (non-hydrogen) atoms.